The van der Waals surface area contributed by atoms with E-state index in [0.29, 0.717) is 12.2 Å². The highest BCUT2D eigenvalue weighted by Gasteiger charge is 2.53. The second kappa shape index (κ2) is 11.4. The number of thiazole rings is 1. The topological polar surface area (TPSA) is 136 Å². The van der Waals surface area contributed by atoms with Crippen molar-refractivity contribution in [1.29, 1.82) is 0 Å². The Morgan fingerprint density at radius 1 is 1.33 bits per heavy atom. The Morgan fingerprint density at radius 3 is 2.78 bits per heavy atom. The van der Waals surface area contributed by atoms with E-state index < -0.39 is 29.2 Å². The molecule has 1 saturated heterocycles. The number of nitrogens with zero attached hydrogens (tertiary/aromatic N) is 3. The third-order valence-electron chi connectivity index (χ3n) is 5.52. The Balaban J connectivity index is 1.39. The number of fused-ring (bicyclic) bond motifs is 1. The molecule has 2 aliphatic heterocycles. The smallest absolute Gasteiger partial charge is 0.355 e. The quantitative estimate of drug-likeness (QED) is 0.220. The number of rotatable bonds is 9. The molecule has 2 amide bonds. The van der Waals surface area contributed by atoms with Crippen LogP contribution in [0.25, 0.3) is 6.08 Å². The van der Waals surface area contributed by atoms with Crippen molar-refractivity contribution in [1.82, 2.24) is 15.2 Å². The Bertz CT molecular complexity index is 1240. The summed E-state index contributed by atoms with van der Waals surface area (Å²) in [6.07, 6.45) is 4.37. The van der Waals surface area contributed by atoms with Gasteiger partial charge in [0.1, 0.15) is 36.5 Å². The minimum atomic E-state index is -0.832. The molecule has 1 unspecified atom stereocenters. The average molecular weight is 528 g/mol. The Kier molecular flexibility index (Phi) is 8.06. The highest BCUT2D eigenvalue weighted by Crippen LogP contribution is 2.38. The van der Waals surface area contributed by atoms with Crippen molar-refractivity contribution < 1.29 is 24.0 Å². The number of carbonyl (C=O) groups excluding carboxylic acids is 3. The van der Waals surface area contributed by atoms with Crippen LogP contribution in [-0.4, -0.2) is 64.3 Å². The van der Waals surface area contributed by atoms with E-state index in [1.54, 1.807) is 11.5 Å². The van der Waals surface area contributed by atoms with Crippen molar-refractivity contribution in [2.24, 2.45) is 5.16 Å². The lowest BCUT2D eigenvalue weighted by Crippen LogP contribution is -2.70. The summed E-state index contributed by atoms with van der Waals surface area (Å²) in [5.41, 5.74) is 7.96. The van der Waals surface area contributed by atoms with Crippen LogP contribution < -0.4 is 11.1 Å². The van der Waals surface area contributed by atoms with Crippen molar-refractivity contribution in [2.75, 3.05) is 25.2 Å². The number of esters is 1. The predicted molar refractivity (Wildman–Crippen MR) is 139 cm³/mol. The zero-order chi connectivity index (χ0) is 25.7. The second-order valence-corrected chi connectivity index (χ2v) is 9.85. The van der Waals surface area contributed by atoms with E-state index >= 15 is 0 Å². The van der Waals surface area contributed by atoms with Crippen LogP contribution in [0.1, 0.15) is 24.6 Å². The number of hydrogen-bond acceptors (Lipinski definition) is 10. The lowest BCUT2D eigenvalue weighted by Gasteiger charge is -2.48. The van der Waals surface area contributed by atoms with Crippen molar-refractivity contribution >= 4 is 57.8 Å². The van der Waals surface area contributed by atoms with Crippen molar-refractivity contribution in [3.05, 3.63) is 64.3 Å². The van der Waals surface area contributed by atoms with Gasteiger partial charge in [-0.25, -0.2) is 9.78 Å². The van der Waals surface area contributed by atoms with Crippen LogP contribution in [-0.2, 0) is 24.0 Å². The largest absolute Gasteiger partial charge is 0.456 e. The van der Waals surface area contributed by atoms with Gasteiger partial charge < -0.3 is 20.6 Å². The predicted octanol–water partition coefficient (Wildman–Crippen LogP) is 2.40. The van der Waals surface area contributed by atoms with Crippen molar-refractivity contribution in [2.45, 2.75) is 24.8 Å². The number of aromatic nitrogens is 1. The Labute approximate surface area is 216 Å². The van der Waals surface area contributed by atoms with Gasteiger partial charge in [-0.05, 0) is 23.6 Å². The SMILES string of the molecule is CCC(=Cc1ccccc1)COC(=O)C1=CCS[C@H]2C(NC(=O)C(=NOC)c3csc(N)n3)C(=O)N12. The molecule has 0 saturated carbocycles. The zero-order valence-electron chi connectivity index (χ0n) is 19.7. The van der Waals surface area contributed by atoms with Gasteiger partial charge >= 0.3 is 5.97 Å². The van der Waals surface area contributed by atoms with Crippen LogP contribution in [0.2, 0.25) is 0 Å². The number of nitrogen functional groups attached to an aromatic ring is 1. The minimum Gasteiger partial charge on any atom is -0.456 e. The van der Waals surface area contributed by atoms with Gasteiger partial charge in [0.05, 0.1) is 0 Å². The van der Waals surface area contributed by atoms with Crippen LogP contribution in [0, 0.1) is 0 Å². The van der Waals surface area contributed by atoms with Gasteiger partial charge in [-0.3, -0.25) is 14.5 Å². The first-order valence-electron chi connectivity index (χ1n) is 11.1. The van der Waals surface area contributed by atoms with E-state index in [1.165, 1.54) is 23.8 Å². The molecule has 3 N–H and O–H groups in total. The van der Waals surface area contributed by atoms with E-state index in [-0.39, 0.29) is 28.8 Å². The standard InChI is InChI=1S/C24H25N5O5S2/c1-3-14(11-15-7-5-4-6-8-15)12-34-23(32)17-9-10-35-22-19(21(31)29(17)22)27-20(30)18(28-33-2)16-13-36-24(25)26-16/h4-9,11,13,19,22H,3,10,12H2,1-2H3,(H2,25,26)(H,27,30)/t19?,22-/m0/s1. The third kappa shape index (κ3) is 5.44. The summed E-state index contributed by atoms with van der Waals surface area (Å²) in [4.78, 5) is 48.8. The molecule has 3 heterocycles. The lowest BCUT2D eigenvalue weighted by molar-refractivity contribution is -0.152. The maximum atomic E-state index is 12.9. The fraction of sp³-hybridized carbons (Fsp3) is 0.292. The van der Waals surface area contributed by atoms with E-state index in [0.717, 1.165) is 22.5 Å². The van der Waals surface area contributed by atoms with E-state index in [9.17, 15) is 14.4 Å². The molecule has 2 aliphatic rings. The molecule has 0 bridgehead atoms. The first kappa shape index (κ1) is 25.5. The number of amides is 2. The fourth-order valence-corrected chi connectivity index (χ4v) is 5.44. The Morgan fingerprint density at radius 2 is 2.11 bits per heavy atom. The van der Waals surface area contributed by atoms with Gasteiger partial charge in [0.15, 0.2) is 10.8 Å². The molecule has 0 aliphatic carbocycles. The lowest BCUT2D eigenvalue weighted by atomic mass is 10.0. The van der Waals surface area contributed by atoms with Gasteiger partial charge in [0.25, 0.3) is 11.8 Å². The van der Waals surface area contributed by atoms with Crippen LogP contribution in [0.5, 0.6) is 0 Å². The van der Waals surface area contributed by atoms with Gasteiger partial charge in [0, 0.05) is 11.1 Å². The molecule has 1 aromatic heterocycles. The zero-order valence-corrected chi connectivity index (χ0v) is 21.3. The minimum absolute atomic E-state index is 0.0926. The number of ether oxygens (including phenoxy) is 1. The highest BCUT2D eigenvalue weighted by molar-refractivity contribution is 8.00. The van der Waals surface area contributed by atoms with Crippen LogP contribution in [0.3, 0.4) is 0 Å². The molecule has 0 radical (unpaired) electrons. The summed E-state index contributed by atoms with van der Waals surface area (Å²) < 4.78 is 5.53. The molecule has 4 rings (SSSR count). The monoisotopic (exact) mass is 527 g/mol. The summed E-state index contributed by atoms with van der Waals surface area (Å²) in [5, 5.41) is 7.82. The molecular formula is C24H25N5O5S2. The molecule has 12 heteroatoms. The number of nitrogens with one attached hydrogen (secondary N) is 1. The van der Waals surface area contributed by atoms with Gasteiger partial charge in [-0.2, -0.15) is 0 Å². The number of β-lactam (4-membered cyclic amide) rings is 1. The van der Waals surface area contributed by atoms with Crippen LogP contribution >= 0.6 is 23.1 Å². The van der Waals surface area contributed by atoms with Gasteiger partial charge in [0.2, 0.25) is 0 Å². The molecule has 36 heavy (non-hydrogen) atoms. The Hall–Kier alpha value is -3.64. The first-order chi connectivity index (χ1) is 17.4. The second-order valence-electron chi connectivity index (χ2n) is 7.81. The molecular weight excluding hydrogens is 502 g/mol. The van der Waals surface area contributed by atoms with Gasteiger partial charge in [-0.15, -0.1) is 23.1 Å². The van der Waals surface area contributed by atoms with Crippen molar-refractivity contribution in [3.63, 3.8) is 0 Å². The molecule has 188 valence electrons. The maximum absolute atomic E-state index is 12.9. The van der Waals surface area contributed by atoms with Crippen molar-refractivity contribution in [3.8, 4) is 0 Å². The summed E-state index contributed by atoms with van der Waals surface area (Å²) in [5.74, 6) is -1.12. The molecule has 1 fully saturated rings. The molecule has 0 spiro atoms. The number of carbonyl (C=O) groups is 3. The number of hydrogen-bond donors (Lipinski definition) is 2. The third-order valence-corrected chi connectivity index (χ3v) is 7.37. The number of oxime groups is 1. The number of nitrogens with two attached hydrogens (primary N) is 1. The average Bonchev–Trinajstić information content (AvgIpc) is 3.33. The number of benzene rings is 1. The van der Waals surface area contributed by atoms with E-state index in [4.69, 9.17) is 15.3 Å². The first-order valence-corrected chi connectivity index (χ1v) is 13.1. The van der Waals surface area contributed by atoms with Crippen LogP contribution in [0.4, 0.5) is 5.13 Å². The van der Waals surface area contributed by atoms with E-state index in [2.05, 4.69) is 15.5 Å². The number of anilines is 1. The van der Waals surface area contributed by atoms with Gasteiger partial charge in [-0.1, -0.05) is 48.5 Å². The molecule has 2 atom stereocenters. The molecule has 2 aromatic rings. The summed E-state index contributed by atoms with van der Waals surface area (Å²) >= 11 is 2.59. The normalized spacial score (nSPS) is 19.7. The fourth-order valence-electron chi connectivity index (χ4n) is 3.69. The number of thioether (sulfide) groups is 1. The highest BCUT2D eigenvalue weighted by atomic mass is 32.2. The summed E-state index contributed by atoms with van der Waals surface area (Å²) in [7, 11) is 1.30. The summed E-state index contributed by atoms with van der Waals surface area (Å²) in [6.45, 7) is 2.11. The maximum Gasteiger partial charge on any atom is 0.355 e. The molecule has 10 nitrogen and oxygen atoms in total. The van der Waals surface area contributed by atoms with Crippen LogP contribution in [0.15, 0.2) is 58.2 Å². The summed E-state index contributed by atoms with van der Waals surface area (Å²) in [6, 6.07) is 8.94. The molecule has 1 aromatic carbocycles. The van der Waals surface area contributed by atoms with E-state index in [1.807, 2.05) is 43.3 Å².